The molecule has 7 nitrogen and oxygen atoms in total. The molecule has 1 aliphatic heterocycles. The molecule has 3 aromatic rings. The van der Waals surface area contributed by atoms with Gasteiger partial charge in [-0.3, -0.25) is 18.8 Å². The molecule has 1 N–H and O–H groups in total. The van der Waals surface area contributed by atoms with E-state index < -0.39 is 17.7 Å². The van der Waals surface area contributed by atoms with Gasteiger partial charge >= 0.3 is 5.97 Å². The molecule has 1 aromatic carbocycles. The van der Waals surface area contributed by atoms with Gasteiger partial charge in [0.15, 0.2) is 4.96 Å². The summed E-state index contributed by atoms with van der Waals surface area (Å²) in [5.41, 5.74) is 0.822. The molecule has 1 aliphatic rings. The fraction of sp³-hybridized carbons (Fsp3) is 0.176. The van der Waals surface area contributed by atoms with Crippen LogP contribution in [0.25, 0.3) is 4.96 Å². The van der Waals surface area contributed by atoms with Crippen LogP contribution in [0.5, 0.6) is 0 Å². The van der Waals surface area contributed by atoms with Crippen LogP contribution in [0, 0.1) is 5.82 Å². The van der Waals surface area contributed by atoms with Crippen LogP contribution in [0.1, 0.15) is 23.6 Å². The second kappa shape index (κ2) is 6.34. The predicted octanol–water partition coefficient (Wildman–Crippen LogP) is 2.06. The molecule has 0 fully saturated rings. The van der Waals surface area contributed by atoms with Gasteiger partial charge in [0.2, 0.25) is 5.91 Å². The number of esters is 1. The van der Waals surface area contributed by atoms with Gasteiger partial charge in [0.1, 0.15) is 12.4 Å². The largest absolute Gasteiger partial charge is 0.459 e. The normalized spacial score (nSPS) is 16.2. The van der Waals surface area contributed by atoms with Crippen molar-refractivity contribution in [1.29, 1.82) is 0 Å². The van der Waals surface area contributed by atoms with E-state index in [1.165, 1.54) is 40.0 Å². The summed E-state index contributed by atoms with van der Waals surface area (Å²) in [4.78, 5) is 41.0. The summed E-state index contributed by atoms with van der Waals surface area (Å²) in [6, 6.07) is 5.14. The van der Waals surface area contributed by atoms with E-state index in [0.29, 0.717) is 16.2 Å². The minimum atomic E-state index is -0.828. The van der Waals surface area contributed by atoms with Crippen molar-refractivity contribution in [2.24, 2.45) is 0 Å². The Balaban J connectivity index is 1.55. The highest BCUT2D eigenvalue weighted by Crippen LogP contribution is 2.33. The van der Waals surface area contributed by atoms with Gasteiger partial charge in [-0.25, -0.2) is 9.37 Å². The quantitative estimate of drug-likeness (QED) is 0.710. The summed E-state index contributed by atoms with van der Waals surface area (Å²) in [6.07, 6.45) is 1.53. The average molecular weight is 373 g/mol. The number of nitrogens with one attached hydrogen (secondary N) is 1. The zero-order chi connectivity index (χ0) is 18.3. The van der Waals surface area contributed by atoms with Crippen molar-refractivity contribution in [2.75, 3.05) is 5.32 Å². The Morgan fingerprint density at radius 1 is 1.38 bits per heavy atom. The number of thiazole rings is 1. The van der Waals surface area contributed by atoms with Crippen LogP contribution in [-0.4, -0.2) is 21.3 Å². The lowest BCUT2D eigenvalue weighted by Gasteiger charge is -2.24. The number of rotatable bonds is 3. The lowest BCUT2D eigenvalue weighted by Crippen LogP contribution is -2.28. The maximum Gasteiger partial charge on any atom is 0.314 e. The highest BCUT2D eigenvalue weighted by Gasteiger charge is 2.32. The molecule has 1 atom stereocenters. The molecule has 9 heteroatoms. The maximum atomic E-state index is 13.4. The van der Waals surface area contributed by atoms with Gasteiger partial charge in [0.05, 0.1) is 11.6 Å². The minimum Gasteiger partial charge on any atom is -0.459 e. The highest BCUT2D eigenvalue weighted by molar-refractivity contribution is 7.15. The van der Waals surface area contributed by atoms with Crippen molar-refractivity contribution >= 4 is 33.9 Å². The third-order valence-corrected chi connectivity index (χ3v) is 4.81. The molecule has 3 heterocycles. The first-order valence-corrected chi connectivity index (χ1v) is 8.61. The molecular formula is C17H12FN3O4S. The van der Waals surface area contributed by atoms with Gasteiger partial charge in [-0.2, -0.15) is 0 Å². The lowest BCUT2D eigenvalue weighted by atomic mass is 9.90. The Hall–Kier alpha value is -3.07. The summed E-state index contributed by atoms with van der Waals surface area (Å²) in [7, 11) is 0. The van der Waals surface area contributed by atoms with Crippen molar-refractivity contribution in [3.05, 3.63) is 63.3 Å². The Morgan fingerprint density at radius 3 is 3.08 bits per heavy atom. The molecule has 0 radical (unpaired) electrons. The zero-order valence-electron chi connectivity index (χ0n) is 13.3. The number of amides is 1. The molecule has 1 amide bonds. The van der Waals surface area contributed by atoms with Crippen LogP contribution in [0.3, 0.4) is 0 Å². The number of aromatic nitrogens is 2. The minimum absolute atomic E-state index is 0.0858. The third kappa shape index (κ3) is 2.97. The molecular weight excluding hydrogens is 361 g/mol. The van der Waals surface area contributed by atoms with E-state index >= 15 is 0 Å². The Labute approximate surface area is 150 Å². The van der Waals surface area contributed by atoms with Crippen molar-refractivity contribution in [1.82, 2.24) is 9.38 Å². The summed E-state index contributed by atoms with van der Waals surface area (Å²) < 4.78 is 20.0. The zero-order valence-corrected chi connectivity index (χ0v) is 14.1. The first-order valence-electron chi connectivity index (χ1n) is 7.73. The van der Waals surface area contributed by atoms with Gasteiger partial charge < -0.3 is 10.1 Å². The van der Waals surface area contributed by atoms with Crippen LogP contribution >= 0.6 is 11.3 Å². The van der Waals surface area contributed by atoms with E-state index in [4.69, 9.17) is 4.74 Å². The summed E-state index contributed by atoms with van der Waals surface area (Å²) in [5.74, 6) is -2.35. The second-order valence-electron chi connectivity index (χ2n) is 5.79. The molecule has 2 aromatic heterocycles. The van der Waals surface area contributed by atoms with Crippen molar-refractivity contribution in [2.45, 2.75) is 18.9 Å². The first-order chi connectivity index (χ1) is 12.5. The fourth-order valence-electron chi connectivity index (χ4n) is 2.85. The number of halogens is 1. The van der Waals surface area contributed by atoms with Crippen LogP contribution < -0.4 is 10.9 Å². The number of hydrogen-bond acceptors (Lipinski definition) is 6. The Morgan fingerprint density at radius 2 is 2.23 bits per heavy atom. The van der Waals surface area contributed by atoms with Crippen molar-refractivity contribution in [3.8, 4) is 0 Å². The van der Waals surface area contributed by atoms with Gasteiger partial charge in [-0.1, -0.05) is 6.07 Å². The lowest BCUT2D eigenvalue weighted by molar-refractivity contribution is -0.148. The number of fused-ring (bicyclic) bond motifs is 2. The molecule has 0 bridgehead atoms. The number of benzene rings is 1. The van der Waals surface area contributed by atoms with Gasteiger partial charge in [0, 0.05) is 29.8 Å². The Bertz CT molecular complexity index is 1090. The smallest absolute Gasteiger partial charge is 0.314 e. The van der Waals surface area contributed by atoms with Crippen molar-refractivity contribution in [3.63, 3.8) is 0 Å². The van der Waals surface area contributed by atoms with Crippen LogP contribution in [0.15, 0.2) is 40.6 Å². The fourth-order valence-corrected chi connectivity index (χ4v) is 3.59. The average Bonchev–Trinajstić information content (AvgIpc) is 3.07. The number of nitrogens with zero attached hydrogens (tertiary/aromatic N) is 2. The molecule has 0 unspecified atom stereocenters. The summed E-state index contributed by atoms with van der Waals surface area (Å²) in [5, 5.41) is 4.27. The summed E-state index contributed by atoms with van der Waals surface area (Å²) >= 11 is 1.29. The van der Waals surface area contributed by atoms with E-state index in [0.717, 1.165) is 0 Å². The van der Waals surface area contributed by atoms with Gasteiger partial charge in [-0.05, 0) is 17.7 Å². The molecule has 0 spiro atoms. The third-order valence-electron chi connectivity index (χ3n) is 4.06. The van der Waals surface area contributed by atoms with Crippen LogP contribution in [-0.2, 0) is 20.9 Å². The summed E-state index contributed by atoms with van der Waals surface area (Å²) in [6.45, 7) is -0.183. The second-order valence-corrected chi connectivity index (χ2v) is 6.66. The topological polar surface area (TPSA) is 89.8 Å². The number of ether oxygens (including phenoxy) is 1. The van der Waals surface area contributed by atoms with E-state index in [9.17, 15) is 18.8 Å². The van der Waals surface area contributed by atoms with Gasteiger partial charge in [0.25, 0.3) is 5.56 Å². The molecule has 0 aliphatic carbocycles. The van der Waals surface area contributed by atoms with E-state index in [1.54, 1.807) is 11.6 Å². The highest BCUT2D eigenvalue weighted by atomic mass is 32.1. The SMILES string of the molecule is O=C1C[C@@H](C(=O)OCc2cc(=O)n3ccsc3n2)c2ccc(F)cc2N1. The standard InChI is InChI=1S/C17H12FN3O4S/c18-9-1-2-11-12(7-14(22)20-13(11)5-9)16(24)25-8-10-6-15(23)21-3-4-26-17(21)19-10/h1-6,12H,7-8H2,(H,20,22)/t12-/m1/s1. The van der Waals surface area contributed by atoms with Crippen LogP contribution in [0.2, 0.25) is 0 Å². The predicted molar refractivity (Wildman–Crippen MR) is 91.5 cm³/mol. The number of anilines is 1. The van der Waals surface area contributed by atoms with Gasteiger partial charge in [-0.15, -0.1) is 11.3 Å². The number of carbonyl (C=O) groups is 2. The molecule has 26 heavy (non-hydrogen) atoms. The van der Waals surface area contributed by atoms with E-state index in [-0.39, 0.29) is 30.2 Å². The van der Waals surface area contributed by atoms with Crippen LogP contribution in [0.4, 0.5) is 10.1 Å². The Kier molecular flexibility index (Phi) is 4.00. The monoisotopic (exact) mass is 373 g/mol. The van der Waals surface area contributed by atoms with E-state index in [2.05, 4.69) is 10.3 Å². The first kappa shape index (κ1) is 16.4. The molecule has 0 saturated carbocycles. The van der Waals surface area contributed by atoms with Crippen molar-refractivity contribution < 1.29 is 18.7 Å². The number of hydrogen-bond donors (Lipinski definition) is 1. The molecule has 4 rings (SSSR count). The molecule has 0 saturated heterocycles. The maximum absolute atomic E-state index is 13.4. The van der Waals surface area contributed by atoms with E-state index in [1.807, 2.05) is 0 Å². The molecule has 132 valence electrons. The number of carbonyl (C=O) groups excluding carboxylic acids is 2.